The molecule has 0 fully saturated rings. The number of para-hydroxylation sites is 1. The number of rotatable bonds is 7. The van der Waals surface area contributed by atoms with Crippen LogP contribution in [0.2, 0.25) is 5.02 Å². The van der Waals surface area contributed by atoms with E-state index >= 15 is 0 Å². The largest absolute Gasteiger partial charge is 0.490 e. The maximum absolute atomic E-state index is 12.2. The summed E-state index contributed by atoms with van der Waals surface area (Å²) in [5.74, 6) is 1.45. The van der Waals surface area contributed by atoms with E-state index in [9.17, 15) is 4.79 Å². The lowest BCUT2D eigenvalue weighted by Crippen LogP contribution is -2.28. The number of carbonyl (C=O) groups is 1. The van der Waals surface area contributed by atoms with Crippen molar-refractivity contribution in [2.45, 2.75) is 13.5 Å². The molecular formula is C20H20ClN3O2. The topological polar surface area (TPSA) is 56.2 Å². The Labute approximate surface area is 157 Å². The molecule has 0 aliphatic carbocycles. The van der Waals surface area contributed by atoms with Crippen LogP contribution in [0.4, 0.5) is 0 Å². The van der Waals surface area contributed by atoms with Crippen molar-refractivity contribution in [3.8, 4) is 5.75 Å². The summed E-state index contributed by atoms with van der Waals surface area (Å²) in [6.45, 7) is 3.46. The first kappa shape index (κ1) is 18.0. The summed E-state index contributed by atoms with van der Waals surface area (Å²) in [6.07, 6.45) is 3.72. The Morgan fingerprint density at radius 1 is 1.19 bits per heavy atom. The van der Waals surface area contributed by atoms with Gasteiger partial charge in [0.2, 0.25) is 0 Å². The molecule has 1 amide bonds. The third kappa shape index (κ3) is 4.64. The number of carbonyl (C=O) groups excluding carboxylic acids is 1. The standard InChI is InChI=1S/C20H20ClN3O2/c1-15-22-10-12-24(15)14-16-6-8-17(9-7-16)20(25)23-11-13-26-19-5-3-2-4-18(19)21/h2-10,12H,11,13-14H2,1H3,(H,23,25). The Morgan fingerprint density at radius 2 is 1.96 bits per heavy atom. The first-order valence-corrected chi connectivity index (χ1v) is 8.73. The summed E-state index contributed by atoms with van der Waals surface area (Å²) in [6, 6.07) is 14.8. The second kappa shape index (κ2) is 8.54. The molecule has 1 heterocycles. The molecule has 5 nitrogen and oxygen atoms in total. The van der Waals surface area contributed by atoms with Crippen LogP contribution in [0.15, 0.2) is 60.9 Å². The quantitative estimate of drug-likeness (QED) is 0.646. The summed E-state index contributed by atoms with van der Waals surface area (Å²) >= 11 is 6.02. The zero-order valence-corrected chi connectivity index (χ0v) is 15.2. The molecule has 3 rings (SSSR count). The highest BCUT2D eigenvalue weighted by Crippen LogP contribution is 2.22. The van der Waals surface area contributed by atoms with Gasteiger partial charge in [-0.2, -0.15) is 0 Å². The number of aromatic nitrogens is 2. The number of hydrogen-bond acceptors (Lipinski definition) is 3. The number of imidazole rings is 1. The van der Waals surface area contributed by atoms with Crippen LogP contribution in [0.25, 0.3) is 0 Å². The number of halogens is 1. The Hall–Kier alpha value is -2.79. The van der Waals surface area contributed by atoms with E-state index in [2.05, 4.69) is 14.9 Å². The van der Waals surface area contributed by atoms with Crippen molar-refractivity contribution >= 4 is 17.5 Å². The fourth-order valence-electron chi connectivity index (χ4n) is 2.52. The lowest BCUT2D eigenvalue weighted by Gasteiger charge is -2.09. The van der Waals surface area contributed by atoms with Gasteiger partial charge in [-0.25, -0.2) is 4.98 Å². The number of benzene rings is 2. The highest BCUT2D eigenvalue weighted by molar-refractivity contribution is 6.32. The monoisotopic (exact) mass is 369 g/mol. The minimum absolute atomic E-state index is 0.127. The lowest BCUT2D eigenvalue weighted by molar-refractivity contribution is 0.0947. The highest BCUT2D eigenvalue weighted by Gasteiger charge is 2.06. The molecule has 0 aliphatic heterocycles. The van der Waals surface area contributed by atoms with Crippen molar-refractivity contribution in [2.24, 2.45) is 0 Å². The van der Waals surface area contributed by atoms with E-state index in [1.54, 1.807) is 18.3 Å². The van der Waals surface area contributed by atoms with Gasteiger partial charge < -0.3 is 14.6 Å². The van der Waals surface area contributed by atoms with Gasteiger partial charge in [0.1, 0.15) is 18.2 Å². The summed E-state index contributed by atoms with van der Waals surface area (Å²) in [7, 11) is 0. The molecule has 0 unspecified atom stereocenters. The van der Waals surface area contributed by atoms with Crippen molar-refractivity contribution in [1.29, 1.82) is 0 Å². The second-order valence-corrected chi connectivity index (χ2v) is 6.24. The van der Waals surface area contributed by atoms with Crippen LogP contribution in [0.5, 0.6) is 5.75 Å². The molecular weight excluding hydrogens is 350 g/mol. The first-order chi connectivity index (χ1) is 12.6. The minimum atomic E-state index is -0.127. The predicted octanol–water partition coefficient (Wildman–Crippen LogP) is 3.70. The minimum Gasteiger partial charge on any atom is -0.490 e. The zero-order valence-electron chi connectivity index (χ0n) is 14.5. The maximum Gasteiger partial charge on any atom is 0.251 e. The van der Waals surface area contributed by atoms with Crippen LogP contribution in [-0.4, -0.2) is 28.6 Å². The average Bonchev–Trinajstić information content (AvgIpc) is 3.05. The first-order valence-electron chi connectivity index (χ1n) is 8.35. The number of aryl methyl sites for hydroxylation is 1. The fourth-order valence-corrected chi connectivity index (χ4v) is 2.71. The number of ether oxygens (including phenoxy) is 1. The van der Waals surface area contributed by atoms with Crippen LogP contribution >= 0.6 is 11.6 Å². The smallest absolute Gasteiger partial charge is 0.251 e. The molecule has 6 heteroatoms. The van der Waals surface area contributed by atoms with Crippen LogP contribution in [0.3, 0.4) is 0 Å². The number of hydrogen-bond donors (Lipinski definition) is 1. The van der Waals surface area contributed by atoms with Crippen molar-refractivity contribution < 1.29 is 9.53 Å². The lowest BCUT2D eigenvalue weighted by atomic mass is 10.1. The molecule has 0 atom stereocenters. The molecule has 0 saturated heterocycles. The average molecular weight is 370 g/mol. The number of nitrogens with zero attached hydrogens (tertiary/aromatic N) is 2. The molecule has 2 aromatic carbocycles. The van der Waals surface area contributed by atoms with Crippen LogP contribution in [0.1, 0.15) is 21.7 Å². The molecule has 1 aromatic heterocycles. The van der Waals surface area contributed by atoms with Gasteiger partial charge in [0.25, 0.3) is 5.91 Å². The van der Waals surface area contributed by atoms with Gasteiger partial charge in [0.15, 0.2) is 0 Å². The number of nitrogens with one attached hydrogen (secondary N) is 1. The molecule has 0 bridgehead atoms. The zero-order chi connectivity index (χ0) is 18.4. The summed E-state index contributed by atoms with van der Waals surface area (Å²) in [5.41, 5.74) is 1.73. The van der Waals surface area contributed by atoms with Gasteiger partial charge in [0.05, 0.1) is 11.6 Å². The third-order valence-corrected chi connectivity index (χ3v) is 4.29. The van der Waals surface area contributed by atoms with Gasteiger partial charge in [-0.3, -0.25) is 4.79 Å². The number of amides is 1. The fraction of sp³-hybridized carbons (Fsp3) is 0.200. The van der Waals surface area contributed by atoms with E-state index in [0.29, 0.717) is 29.5 Å². The van der Waals surface area contributed by atoms with E-state index in [0.717, 1.165) is 17.9 Å². The summed E-state index contributed by atoms with van der Waals surface area (Å²) in [5, 5.41) is 3.40. The second-order valence-electron chi connectivity index (χ2n) is 5.83. The van der Waals surface area contributed by atoms with Crippen LogP contribution in [0, 0.1) is 6.92 Å². The molecule has 0 spiro atoms. The molecule has 0 saturated carbocycles. The molecule has 1 N–H and O–H groups in total. The van der Waals surface area contributed by atoms with Crippen LogP contribution in [-0.2, 0) is 6.54 Å². The van der Waals surface area contributed by atoms with Gasteiger partial charge in [-0.15, -0.1) is 0 Å². The molecule has 134 valence electrons. The predicted molar refractivity (Wildman–Crippen MR) is 102 cm³/mol. The SMILES string of the molecule is Cc1nccn1Cc1ccc(C(=O)NCCOc2ccccc2Cl)cc1. The van der Waals surface area contributed by atoms with Crippen molar-refractivity contribution in [3.05, 3.63) is 82.9 Å². The molecule has 3 aromatic rings. The van der Waals surface area contributed by atoms with E-state index in [4.69, 9.17) is 16.3 Å². The normalized spacial score (nSPS) is 10.5. The van der Waals surface area contributed by atoms with E-state index < -0.39 is 0 Å². The van der Waals surface area contributed by atoms with Gasteiger partial charge in [-0.1, -0.05) is 35.9 Å². The van der Waals surface area contributed by atoms with Crippen molar-refractivity contribution in [3.63, 3.8) is 0 Å². The Morgan fingerprint density at radius 3 is 2.65 bits per heavy atom. The van der Waals surface area contributed by atoms with Crippen molar-refractivity contribution in [1.82, 2.24) is 14.9 Å². The molecule has 26 heavy (non-hydrogen) atoms. The summed E-state index contributed by atoms with van der Waals surface area (Å²) in [4.78, 5) is 16.4. The van der Waals surface area contributed by atoms with E-state index in [-0.39, 0.29) is 5.91 Å². The van der Waals surface area contributed by atoms with Crippen LogP contribution < -0.4 is 10.1 Å². The van der Waals surface area contributed by atoms with E-state index in [1.807, 2.05) is 49.5 Å². The molecule has 0 radical (unpaired) electrons. The third-order valence-electron chi connectivity index (χ3n) is 3.97. The maximum atomic E-state index is 12.2. The Balaban J connectivity index is 1.47. The van der Waals surface area contributed by atoms with Gasteiger partial charge in [0, 0.05) is 24.5 Å². The highest BCUT2D eigenvalue weighted by atomic mass is 35.5. The Kier molecular flexibility index (Phi) is 5.92. The Bertz CT molecular complexity index is 875. The van der Waals surface area contributed by atoms with Gasteiger partial charge >= 0.3 is 0 Å². The summed E-state index contributed by atoms with van der Waals surface area (Å²) < 4.78 is 7.61. The van der Waals surface area contributed by atoms with Gasteiger partial charge in [-0.05, 0) is 36.8 Å². The van der Waals surface area contributed by atoms with Crippen molar-refractivity contribution in [2.75, 3.05) is 13.2 Å². The molecule has 0 aliphatic rings. The van der Waals surface area contributed by atoms with E-state index in [1.165, 1.54) is 0 Å².